The number of carbonyl (C=O) groups excluding carboxylic acids is 2. The minimum absolute atomic E-state index is 0.167. The zero-order valence-electron chi connectivity index (χ0n) is 42.7. The number of aliphatic hydroxyl groups is 3. The van der Waals surface area contributed by atoms with Gasteiger partial charge >= 0.3 is 27.6 Å². The zero-order chi connectivity index (χ0) is 51.7. The highest BCUT2D eigenvalue weighted by Gasteiger charge is 2.28. The first-order chi connectivity index (χ1) is 33.8. The summed E-state index contributed by atoms with van der Waals surface area (Å²) in [6.07, 6.45) is 51.3. The van der Waals surface area contributed by atoms with Crippen LogP contribution in [0.2, 0.25) is 0 Å². The number of carbonyl (C=O) groups is 2. The lowest BCUT2D eigenvalue weighted by Crippen LogP contribution is -2.25. The van der Waals surface area contributed by atoms with Crippen LogP contribution in [0.3, 0.4) is 0 Å². The minimum atomic E-state index is -4.80. The van der Waals surface area contributed by atoms with Gasteiger partial charge in [-0.05, 0) is 96.3 Å². The van der Waals surface area contributed by atoms with Gasteiger partial charge in [0.05, 0.1) is 26.4 Å². The molecule has 0 bridgehead atoms. The van der Waals surface area contributed by atoms with E-state index in [1.165, 1.54) is 44.9 Å². The molecule has 404 valence electrons. The van der Waals surface area contributed by atoms with E-state index in [-0.39, 0.29) is 12.8 Å². The van der Waals surface area contributed by atoms with E-state index in [1.54, 1.807) is 0 Å². The van der Waals surface area contributed by atoms with Crippen LogP contribution in [0.1, 0.15) is 181 Å². The molecule has 15 nitrogen and oxygen atoms in total. The van der Waals surface area contributed by atoms with Crippen molar-refractivity contribution in [3.63, 3.8) is 0 Å². The number of ether oxygens (including phenoxy) is 2. The Kier molecular flexibility index (Phi) is 46.6. The number of phosphoric ester groups is 2. The van der Waals surface area contributed by atoms with Gasteiger partial charge in [-0.1, -0.05) is 157 Å². The van der Waals surface area contributed by atoms with E-state index < -0.39 is 85.5 Å². The predicted octanol–water partition coefficient (Wildman–Crippen LogP) is 12.5. The van der Waals surface area contributed by atoms with Gasteiger partial charge in [0.25, 0.3) is 0 Å². The average Bonchev–Trinajstić information content (AvgIpc) is 3.34. The fourth-order valence-electron chi connectivity index (χ4n) is 6.26. The normalized spacial score (nSPS) is 15.6. The third-order valence-corrected chi connectivity index (χ3v) is 12.2. The van der Waals surface area contributed by atoms with Crippen LogP contribution < -0.4 is 0 Å². The van der Waals surface area contributed by atoms with Crippen LogP contribution in [-0.4, -0.2) is 95.0 Å². The maximum atomic E-state index is 12.2. The summed E-state index contributed by atoms with van der Waals surface area (Å²) in [4.78, 5) is 43.8. The van der Waals surface area contributed by atoms with Crippen LogP contribution in [0.25, 0.3) is 0 Å². The van der Waals surface area contributed by atoms with E-state index >= 15 is 0 Å². The van der Waals surface area contributed by atoms with Crippen molar-refractivity contribution in [2.24, 2.45) is 0 Å². The Morgan fingerprint density at radius 2 is 0.614 bits per heavy atom. The second-order valence-corrected chi connectivity index (χ2v) is 20.1. The Morgan fingerprint density at radius 1 is 0.371 bits per heavy atom. The van der Waals surface area contributed by atoms with E-state index in [0.717, 1.165) is 96.3 Å². The Bertz CT molecular complexity index is 1570. The number of aliphatic hydroxyl groups excluding tert-OH is 3. The molecule has 0 rings (SSSR count). The van der Waals surface area contributed by atoms with Gasteiger partial charge in [0.2, 0.25) is 0 Å². The lowest BCUT2D eigenvalue weighted by molar-refractivity contribution is -0.148. The Hall–Kier alpha value is -2.78. The summed E-state index contributed by atoms with van der Waals surface area (Å²) in [5.74, 6) is -1.04. The minimum Gasteiger partial charge on any atom is -0.463 e. The third kappa shape index (κ3) is 50.2. The molecule has 0 aliphatic carbocycles. The van der Waals surface area contributed by atoms with E-state index in [1.807, 2.05) is 0 Å². The highest BCUT2D eigenvalue weighted by Crippen LogP contribution is 2.45. The van der Waals surface area contributed by atoms with Crippen molar-refractivity contribution in [1.29, 1.82) is 0 Å². The average molecular weight is 1030 g/mol. The van der Waals surface area contributed by atoms with Gasteiger partial charge in [-0.2, -0.15) is 0 Å². The van der Waals surface area contributed by atoms with Crippen molar-refractivity contribution >= 4 is 27.6 Å². The van der Waals surface area contributed by atoms with Gasteiger partial charge in [0.15, 0.2) is 0 Å². The number of esters is 2. The zero-order valence-corrected chi connectivity index (χ0v) is 44.4. The molecule has 0 radical (unpaired) electrons. The van der Waals surface area contributed by atoms with Crippen LogP contribution in [0, 0.1) is 0 Å². The van der Waals surface area contributed by atoms with Crippen molar-refractivity contribution in [1.82, 2.24) is 0 Å². The molecule has 5 atom stereocenters. The second kappa shape index (κ2) is 48.5. The van der Waals surface area contributed by atoms with Gasteiger partial charge in [0.1, 0.15) is 31.5 Å². The van der Waals surface area contributed by atoms with Gasteiger partial charge in [0, 0.05) is 12.8 Å². The maximum Gasteiger partial charge on any atom is 0.472 e. The summed E-state index contributed by atoms with van der Waals surface area (Å²) in [6, 6.07) is 0. The van der Waals surface area contributed by atoms with Crippen LogP contribution in [0.4, 0.5) is 0 Å². The molecule has 5 unspecified atom stereocenters. The standard InChI is InChI=1S/C53H92O15P2/c1-3-5-7-9-11-13-15-17-19-21-22-23-24-26-28-30-32-34-36-38-40-42-53(58)64-44-50(55)46-66-70(61,62)68-48-51(56)47-67-69(59,60)65-45-49(54)43-63-52(57)41-39-37-35-33-31-29-27-25-20-18-16-14-12-10-8-6-4-2/h11-14,17-20,22-23,26-29,49-51,54-56H,3-10,15-16,21,24-25,30-48H2,1-2H3,(H,59,60)(H,61,62)/b13-11-,14-12-,19-17-,20-18-,23-22-,28-26-,29-27-. The molecule has 70 heavy (non-hydrogen) atoms. The number of hydrogen-bond acceptors (Lipinski definition) is 13. The molecule has 0 heterocycles. The first-order valence-electron chi connectivity index (χ1n) is 25.9. The van der Waals surface area contributed by atoms with Gasteiger partial charge in [-0.25, -0.2) is 9.13 Å². The molecule has 0 aliphatic heterocycles. The van der Waals surface area contributed by atoms with E-state index in [0.29, 0.717) is 12.8 Å². The van der Waals surface area contributed by atoms with Crippen molar-refractivity contribution in [2.75, 3.05) is 39.6 Å². The Labute approximate surface area is 421 Å². The highest BCUT2D eigenvalue weighted by atomic mass is 31.2. The summed E-state index contributed by atoms with van der Waals surface area (Å²) in [5, 5.41) is 30.1. The number of phosphoric acid groups is 2. The van der Waals surface area contributed by atoms with Crippen LogP contribution in [0.5, 0.6) is 0 Å². The number of allylic oxidation sites excluding steroid dienone is 14. The monoisotopic (exact) mass is 1030 g/mol. The van der Waals surface area contributed by atoms with Crippen molar-refractivity contribution < 1.29 is 71.4 Å². The van der Waals surface area contributed by atoms with E-state index in [9.17, 15) is 43.8 Å². The van der Waals surface area contributed by atoms with Crippen LogP contribution >= 0.6 is 15.6 Å². The molecule has 0 aromatic carbocycles. The molecule has 0 aliphatic rings. The SMILES string of the molecule is CCCCC/C=C\C/C=C\C/C=C\C/C=C\CCCCCCCC(=O)OCC(O)COP(=O)(O)OCC(O)COP(=O)(O)OCC(O)COC(=O)CCCCCC/C=C\C/C=C\C/C=C\CCCCC. The largest absolute Gasteiger partial charge is 0.472 e. The Balaban J connectivity index is 3.92. The van der Waals surface area contributed by atoms with Gasteiger partial charge < -0.3 is 34.6 Å². The molecule has 0 aromatic rings. The smallest absolute Gasteiger partial charge is 0.463 e. The predicted molar refractivity (Wildman–Crippen MR) is 279 cm³/mol. The van der Waals surface area contributed by atoms with E-state index in [4.69, 9.17) is 9.47 Å². The highest BCUT2D eigenvalue weighted by molar-refractivity contribution is 7.47. The molecule has 0 saturated carbocycles. The van der Waals surface area contributed by atoms with Gasteiger partial charge in [-0.3, -0.25) is 27.7 Å². The lowest BCUT2D eigenvalue weighted by Gasteiger charge is -2.19. The summed E-state index contributed by atoms with van der Waals surface area (Å²) >= 11 is 0. The summed E-state index contributed by atoms with van der Waals surface area (Å²) in [7, 11) is -9.60. The summed E-state index contributed by atoms with van der Waals surface area (Å²) in [6.45, 7) is 0.307. The third-order valence-electron chi connectivity index (χ3n) is 10.3. The molecule has 5 N–H and O–H groups in total. The van der Waals surface area contributed by atoms with Crippen LogP contribution in [0.15, 0.2) is 85.1 Å². The molecule has 0 aromatic heterocycles. The molecule has 0 amide bonds. The molecule has 17 heteroatoms. The maximum absolute atomic E-state index is 12.2. The number of unbranched alkanes of at least 4 members (excludes halogenated alkanes) is 15. The van der Waals surface area contributed by atoms with Crippen molar-refractivity contribution in [3.05, 3.63) is 85.1 Å². The lowest BCUT2D eigenvalue weighted by atomic mass is 10.1. The molecule has 0 saturated heterocycles. The van der Waals surface area contributed by atoms with Gasteiger partial charge in [-0.15, -0.1) is 0 Å². The topological polar surface area (TPSA) is 225 Å². The first-order valence-corrected chi connectivity index (χ1v) is 28.9. The first kappa shape index (κ1) is 67.2. The van der Waals surface area contributed by atoms with Crippen molar-refractivity contribution in [2.45, 2.75) is 199 Å². The fourth-order valence-corrected chi connectivity index (χ4v) is 7.85. The summed E-state index contributed by atoms with van der Waals surface area (Å²) < 4.78 is 53.1. The fraction of sp³-hybridized carbons (Fsp3) is 0.698. The molecule has 0 fully saturated rings. The number of rotatable bonds is 49. The summed E-state index contributed by atoms with van der Waals surface area (Å²) in [5.41, 5.74) is 0. The molecular weight excluding hydrogens is 939 g/mol. The van der Waals surface area contributed by atoms with E-state index in [2.05, 4.69) is 117 Å². The molecular formula is C53H92O15P2. The second-order valence-electron chi connectivity index (χ2n) is 17.2. The molecule has 0 spiro atoms. The number of hydrogen-bond donors (Lipinski definition) is 5. The van der Waals surface area contributed by atoms with Crippen molar-refractivity contribution in [3.8, 4) is 0 Å². The quantitative estimate of drug-likeness (QED) is 0.0165. The van der Waals surface area contributed by atoms with Crippen LogP contribution in [-0.2, 0) is 46.3 Å². The Morgan fingerprint density at radius 3 is 0.914 bits per heavy atom.